The molecule has 0 aliphatic carbocycles. The summed E-state index contributed by atoms with van der Waals surface area (Å²) in [7, 11) is 1.47. The highest BCUT2D eigenvalue weighted by Gasteiger charge is 2.19. The predicted octanol–water partition coefficient (Wildman–Crippen LogP) is 1.77. The van der Waals surface area contributed by atoms with Crippen molar-refractivity contribution in [2.75, 3.05) is 32.2 Å². The van der Waals surface area contributed by atoms with E-state index in [-0.39, 0.29) is 30.9 Å². The molecule has 34 heavy (non-hydrogen) atoms. The summed E-state index contributed by atoms with van der Waals surface area (Å²) >= 11 is 0. The molecule has 180 valence electrons. The van der Waals surface area contributed by atoms with Crippen molar-refractivity contribution in [1.29, 1.82) is 0 Å². The second-order valence-electron chi connectivity index (χ2n) is 7.57. The highest BCUT2D eigenvalue weighted by Crippen LogP contribution is 2.30. The molecule has 1 fully saturated rings. The van der Waals surface area contributed by atoms with Gasteiger partial charge in [0.05, 0.1) is 19.4 Å². The third kappa shape index (κ3) is 7.04. The first-order valence-electron chi connectivity index (χ1n) is 10.9. The van der Waals surface area contributed by atoms with E-state index in [0.29, 0.717) is 23.6 Å². The lowest BCUT2D eigenvalue weighted by Crippen LogP contribution is -2.41. The number of hydrogen-bond donors (Lipinski definition) is 3. The van der Waals surface area contributed by atoms with Crippen molar-refractivity contribution >= 4 is 29.6 Å². The van der Waals surface area contributed by atoms with Gasteiger partial charge in [0.1, 0.15) is 0 Å². The predicted molar refractivity (Wildman–Crippen MR) is 126 cm³/mol. The van der Waals surface area contributed by atoms with Crippen LogP contribution in [0.2, 0.25) is 0 Å². The third-order valence-electron chi connectivity index (χ3n) is 5.09. The van der Waals surface area contributed by atoms with Crippen LogP contribution in [0.25, 0.3) is 0 Å². The van der Waals surface area contributed by atoms with E-state index < -0.39 is 11.8 Å². The lowest BCUT2D eigenvalue weighted by atomic mass is 10.2. The number of carbonyl (C=O) groups is 3. The molecule has 1 aliphatic heterocycles. The molecule has 3 N–H and O–H groups in total. The summed E-state index contributed by atoms with van der Waals surface area (Å²) in [5.41, 5.74) is 4.24. The lowest BCUT2D eigenvalue weighted by molar-refractivity contribution is -0.139. The van der Waals surface area contributed by atoms with E-state index in [2.05, 4.69) is 21.2 Å². The number of methoxy groups -OCH3 is 1. The molecule has 10 nitrogen and oxygen atoms in total. The number of nitrogens with zero attached hydrogens (tertiary/aromatic N) is 1. The largest absolute Gasteiger partial charge is 0.493 e. The fourth-order valence-corrected chi connectivity index (χ4v) is 3.29. The SMILES string of the molecule is COc1cccc(/C=N\NC(=O)C(=O)NC[C@@H]2CCCO2)c1OCC(=O)Nc1ccccc1C. The zero-order valence-electron chi connectivity index (χ0n) is 19.1. The Morgan fingerprint density at radius 2 is 1.97 bits per heavy atom. The molecule has 0 radical (unpaired) electrons. The first-order chi connectivity index (χ1) is 16.5. The van der Waals surface area contributed by atoms with Crippen molar-refractivity contribution in [1.82, 2.24) is 10.7 Å². The van der Waals surface area contributed by atoms with Crippen LogP contribution in [0.3, 0.4) is 0 Å². The van der Waals surface area contributed by atoms with E-state index in [0.717, 1.165) is 18.4 Å². The van der Waals surface area contributed by atoms with Gasteiger partial charge in [0.15, 0.2) is 18.1 Å². The Balaban J connectivity index is 1.57. The number of carbonyl (C=O) groups excluding carboxylic acids is 3. The lowest BCUT2D eigenvalue weighted by Gasteiger charge is -2.14. The summed E-state index contributed by atoms with van der Waals surface area (Å²) in [5.74, 6) is -1.40. The van der Waals surface area contributed by atoms with Crippen LogP contribution in [0.5, 0.6) is 11.5 Å². The first kappa shape index (κ1) is 24.7. The van der Waals surface area contributed by atoms with E-state index in [1.165, 1.54) is 13.3 Å². The Kier molecular flexibility index (Phi) is 8.98. The average Bonchev–Trinajstić information content (AvgIpc) is 3.36. The van der Waals surface area contributed by atoms with E-state index in [4.69, 9.17) is 14.2 Å². The standard InChI is InChI=1S/C24H28N4O6/c1-16-7-3-4-10-19(16)27-21(29)15-34-22-17(8-5-11-20(22)32-2)13-26-28-24(31)23(30)25-14-18-9-6-12-33-18/h3-5,7-8,10-11,13,18H,6,9,12,14-15H2,1-2H3,(H,25,30)(H,27,29)(H,28,31)/b26-13-/t18-/m0/s1. The summed E-state index contributed by atoms with van der Waals surface area (Å²) < 4.78 is 16.4. The summed E-state index contributed by atoms with van der Waals surface area (Å²) in [6.07, 6.45) is 3.03. The minimum atomic E-state index is -0.905. The molecule has 1 aliphatic rings. The van der Waals surface area contributed by atoms with Crippen molar-refractivity contribution in [2.24, 2.45) is 5.10 Å². The number of anilines is 1. The first-order valence-corrected chi connectivity index (χ1v) is 10.9. The molecule has 3 rings (SSSR count). The van der Waals surface area contributed by atoms with E-state index in [1.54, 1.807) is 24.3 Å². The Morgan fingerprint density at radius 1 is 1.15 bits per heavy atom. The second kappa shape index (κ2) is 12.4. The fraction of sp³-hybridized carbons (Fsp3) is 0.333. The summed E-state index contributed by atoms with van der Waals surface area (Å²) in [5, 5.41) is 9.14. The zero-order valence-corrected chi connectivity index (χ0v) is 19.1. The molecule has 3 amide bonds. The molecular weight excluding hydrogens is 440 g/mol. The van der Waals surface area contributed by atoms with Gasteiger partial charge in [-0.25, -0.2) is 5.43 Å². The summed E-state index contributed by atoms with van der Waals surface area (Å²) in [6.45, 7) is 2.56. The highest BCUT2D eigenvalue weighted by molar-refractivity contribution is 6.35. The highest BCUT2D eigenvalue weighted by atomic mass is 16.5. The zero-order chi connectivity index (χ0) is 24.3. The average molecular weight is 469 g/mol. The molecule has 10 heteroatoms. The van der Waals surface area contributed by atoms with Gasteiger partial charge in [0.25, 0.3) is 5.91 Å². The Morgan fingerprint density at radius 3 is 2.71 bits per heavy atom. The number of nitrogens with one attached hydrogen (secondary N) is 3. The van der Waals surface area contributed by atoms with E-state index >= 15 is 0 Å². The molecule has 0 aromatic heterocycles. The molecule has 1 atom stereocenters. The van der Waals surface area contributed by atoms with Gasteiger partial charge in [-0.1, -0.05) is 24.3 Å². The number of benzene rings is 2. The Labute approximate surface area is 197 Å². The van der Waals surface area contributed by atoms with Crippen LogP contribution in [0.4, 0.5) is 5.69 Å². The van der Waals surface area contributed by atoms with Crippen LogP contribution >= 0.6 is 0 Å². The molecule has 0 unspecified atom stereocenters. The molecule has 0 saturated carbocycles. The van der Waals surface area contributed by atoms with Gasteiger partial charge < -0.3 is 24.8 Å². The molecule has 0 bridgehead atoms. The smallest absolute Gasteiger partial charge is 0.329 e. The Bertz CT molecular complexity index is 1050. The number of hydrogen-bond acceptors (Lipinski definition) is 7. The maximum atomic E-state index is 12.4. The van der Waals surface area contributed by atoms with Crippen LogP contribution in [-0.4, -0.2) is 56.9 Å². The molecule has 1 saturated heterocycles. The van der Waals surface area contributed by atoms with Crippen molar-refractivity contribution in [3.8, 4) is 11.5 Å². The maximum Gasteiger partial charge on any atom is 0.329 e. The number of aryl methyl sites for hydroxylation is 1. The monoisotopic (exact) mass is 468 g/mol. The van der Waals surface area contributed by atoms with Crippen LogP contribution in [-0.2, 0) is 19.1 Å². The molecule has 2 aromatic carbocycles. The summed E-state index contributed by atoms with van der Waals surface area (Å²) in [4.78, 5) is 36.3. The van der Waals surface area contributed by atoms with Crippen molar-refractivity contribution in [2.45, 2.75) is 25.9 Å². The number of hydrazone groups is 1. The van der Waals surface area contributed by atoms with Gasteiger partial charge in [-0.3, -0.25) is 14.4 Å². The van der Waals surface area contributed by atoms with Gasteiger partial charge in [-0.05, 0) is 43.5 Å². The van der Waals surface area contributed by atoms with Crippen LogP contribution < -0.4 is 25.5 Å². The summed E-state index contributed by atoms with van der Waals surface area (Å²) in [6, 6.07) is 12.4. The van der Waals surface area contributed by atoms with E-state index in [1.807, 2.05) is 25.1 Å². The third-order valence-corrected chi connectivity index (χ3v) is 5.09. The van der Waals surface area contributed by atoms with Crippen LogP contribution in [0.15, 0.2) is 47.6 Å². The number of rotatable bonds is 9. The minimum absolute atomic E-state index is 0.0697. The van der Waals surface area contributed by atoms with E-state index in [9.17, 15) is 14.4 Å². The van der Waals surface area contributed by atoms with Crippen molar-refractivity contribution in [3.05, 3.63) is 53.6 Å². The number of ether oxygens (including phenoxy) is 3. The number of amides is 3. The molecule has 1 heterocycles. The van der Waals surface area contributed by atoms with Gasteiger partial charge in [-0.15, -0.1) is 0 Å². The molecule has 2 aromatic rings. The Hall–Kier alpha value is -3.92. The maximum absolute atomic E-state index is 12.4. The van der Waals surface area contributed by atoms with Crippen LogP contribution in [0, 0.1) is 6.92 Å². The number of para-hydroxylation sites is 2. The molecule has 0 spiro atoms. The fourth-order valence-electron chi connectivity index (χ4n) is 3.29. The van der Waals surface area contributed by atoms with Gasteiger partial charge in [0.2, 0.25) is 0 Å². The van der Waals surface area contributed by atoms with Crippen molar-refractivity contribution < 1.29 is 28.6 Å². The topological polar surface area (TPSA) is 127 Å². The molecular formula is C24H28N4O6. The van der Waals surface area contributed by atoms with Gasteiger partial charge >= 0.3 is 11.8 Å². The second-order valence-corrected chi connectivity index (χ2v) is 7.57. The van der Waals surface area contributed by atoms with Gasteiger partial charge in [0, 0.05) is 24.4 Å². The minimum Gasteiger partial charge on any atom is -0.493 e. The van der Waals surface area contributed by atoms with Crippen LogP contribution in [0.1, 0.15) is 24.0 Å². The van der Waals surface area contributed by atoms with Crippen molar-refractivity contribution in [3.63, 3.8) is 0 Å². The normalized spacial score (nSPS) is 15.1. The quantitative estimate of drug-likeness (QED) is 0.292. The van der Waals surface area contributed by atoms with Gasteiger partial charge in [-0.2, -0.15) is 5.10 Å².